The van der Waals surface area contributed by atoms with E-state index in [2.05, 4.69) is 10.3 Å². The first-order valence-electron chi connectivity index (χ1n) is 10.6. The Morgan fingerprint density at radius 1 is 0.919 bits per heavy atom. The third-order valence-corrected chi connectivity index (χ3v) is 5.23. The number of carbonyl (C=O) groups is 2. The van der Waals surface area contributed by atoms with E-state index in [1.54, 1.807) is 0 Å². The highest BCUT2D eigenvalue weighted by molar-refractivity contribution is 5.96. The number of hydrogen-bond donors (Lipinski definition) is 2. The Hall–Kier alpha value is -4.09. The van der Waals surface area contributed by atoms with Crippen LogP contribution in [0.4, 0.5) is 26.3 Å². The molecule has 37 heavy (non-hydrogen) atoms. The Morgan fingerprint density at radius 3 is 2.03 bits per heavy atom. The highest BCUT2D eigenvalue weighted by atomic mass is 19.4. The van der Waals surface area contributed by atoms with Gasteiger partial charge in [-0.05, 0) is 49.7 Å². The van der Waals surface area contributed by atoms with E-state index in [0.717, 1.165) is 30.5 Å². The van der Waals surface area contributed by atoms with E-state index in [9.17, 15) is 35.9 Å². The normalized spacial score (nSPS) is 12.2. The molecule has 0 radical (unpaired) electrons. The van der Waals surface area contributed by atoms with Gasteiger partial charge in [0, 0.05) is 18.3 Å². The third kappa shape index (κ3) is 6.78. The van der Waals surface area contributed by atoms with Crippen LogP contribution in [-0.4, -0.2) is 27.6 Å². The molecule has 1 amide bonds. The van der Waals surface area contributed by atoms with Crippen LogP contribution < -0.4 is 10.1 Å². The van der Waals surface area contributed by atoms with Gasteiger partial charge in [-0.2, -0.15) is 26.3 Å². The molecule has 1 heterocycles. The van der Waals surface area contributed by atoms with Crippen LogP contribution in [0, 0.1) is 0 Å². The van der Waals surface area contributed by atoms with Crippen molar-refractivity contribution in [1.82, 2.24) is 10.3 Å². The highest BCUT2D eigenvalue weighted by Gasteiger charge is 2.36. The Labute approximate surface area is 206 Å². The van der Waals surface area contributed by atoms with Crippen molar-refractivity contribution in [2.45, 2.75) is 38.3 Å². The first-order chi connectivity index (χ1) is 17.1. The molecular weight excluding hydrogens is 506 g/mol. The second kappa shape index (κ2) is 10.1. The van der Waals surface area contributed by atoms with Crippen LogP contribution >= 0.6 is 0 Å². The molecule has 196 valence electrons. The number of aromatic nitrogens is 1. The van der Waals surface area contributed by atoms with Crippen molar-refractivity contribution in [2.75, 3.05) is 0 Å². The van der Waals surface area contributed by atoms with Crippen LogP contribution in [-0.2, 0) is 23.7 Å². The number of benzene rings is 2. The van der Waals surface area contributed by atoms with E-state index in [4.69, 9.17) is 9.84 Å². The summed E-state index contributed by atoms with van der Waals surface area (Å²) in [6.07, 6.45) is -8.82. The van der Waals surface area contributed by atoms with E-state index in [1.165, 1.54) is 38.1 Å². The van der Waals surface area contributed by atoms with Gasteiger partial charge in [-0.25, -0.2) is 4.79 Å². The third-order valence-electron chi connectivity index (χ3n) is 5.23. The van der Waals surface area contributed by atoms with E-state index in [1.807, 2.05) is 0 Å². The number of carboxylic acid groups (broad SMARTS) is 1. The Morgan fingerprint density at radius 2 is 1.51 bits per heavy atom. The maximum absolute atomic E-state index is 13.7. The lowest BCUT2D eigenvalue weighted by atomic mass is 10.0. The Kier molecular flexibility index (Phi) is 7.51. The van der Waals surface area contributed by atoms with E-state index < -0.39 is 46.5 Å². The van der Waals surface area contributed by atoms with E-state index in [-0.39, 0.29) is 23.6 Å². The molecule has 0 aliphatic heterocycles. The zero-order chi connectivity index (χ0) is 27.6. The lowest BCUT2D eigenvalue weighted by Crippen LogP contribution is -2.37. The Bertz CT molecular complexity index is 1280. The van der Waals surface area contributed by atoms with Crippen LogP contribution in [0.2, 0.25) is 0 Å². The maximum Gasteiger partial charge on any atom is 0.417 e. The molecule has 0 fully saturated rings. The first kappa shape index (κ1) is 27.5. The molecule has 3 aromatic rings. The number of halogens is 6. The molecule has 3 rings (SSSR count). The van der Waals surface area contributed by atoms with Gasteiger partial charge in [-0.3, -0.25) is 9.78 Å². The molecule has 0 aliphatic rings. The fraction of sp³-hybridized carbons (Fsp3) is 0.240. The van der Waals surface area contributed by atoms with Crippen molar-refractivity contribution < 1.29 is 45.8 Å². The summed E-state index contributed by atoms with van der Waals surface area (Å²) in [5.41, 5.74) is -4.24. The quantitative estimate of drug-likeness (QED) is 0.371. The smallest absolute Gasteiger partial charge is 0.417 e. The van der Waals surface area contributed by atoms with Crippen LogP contribution in [0.3, 0.4) is 0 Å². The van der Waals surface area contributed by atoms with Gasteiger partial charge in [-0.15, -0.1) is 0 Å². The highest BCUT2D eigenvalue weighted by Crippen LogP contribution is 2.35. The molecule has 12 heteroatoms. The summed E-state index contributed by atoms with van der Waals surface area (Å²) in [5.74, 6) is -2.00. The van der Waals surface area contributed by atoms with Gasteiger partial charge in [-0.1, -0.05) is 24.3 Å². The predicted octanol–water partition coefficient (Wildman–Crippen LogP) is 5.96. The number of alkyl halides is 6. The second-order valence-corrected chi connectivity index (χ2v) is 8.43. The number of nitrogens with zero attached hydrogens (tertiary/aromatic N) is 1. The topological polar surface area (TPSA) is 88.5 Å². The summed E-state index contributed by atoms with van der Waals surface area (Å²) >= 11 is 0. The summed E-state index contributed by atoms with van der Waals surface area (Å²) in [6.45, 7) is 2.57. The average molecular weight is 526 g/mol. The first-order valence-corrected chi connectivity index (χ1v) is 10.6. The average Bonchev–Trinajstić information content (AvgIpc) is 2.81. The summed E-state index contributed by atoms with van der Waals surface area (Å²) in [5, 5.41) is 11.5. The number of hydrogen-bond acceptors (Lipinski definition) is 4. The fourth-order valence-electron chi connectivity index (χ4n) is 3.15. The molecule has 0 atom stereocenters. The van der Waals surface area contributed by atoms with Gasteiger partial charge in [0.15, 0.2) is 5.60 Å². The SMILES string of the molecule is CC(C)(Oc1ccc(CNC(=O)c2cnc(-c3ccc(C(F)(F)F)cc3)cc2C(F)(F)F)cc1)C(=O)O. The van der Waals surface area contributed by atoms with Crippen molar-refractivity contribution >= 4 is 11.9 Å². The molecule has 0 spiro atoms. The molecule has 0 saturated carbocycles. The van der Waals surface area contributed by atoms with Crippen LogP contribution in [0.15, 0.2) is 60.8 Å². The number of rotatable bonds is 7. The van der Waals surface area contributed by atoms with E-state index in [0.29, 0.717) is 11.6 Å². The van der Waals surface area contributed by atoms with Crippen LogP contribution in [0.1, 0.15) is 40.9 Å². The number of carbonyl (C=O) groups excluding carboxylic acids is 1. The summed E-state index contributed by atoms with van der Waals surface area (Å²) in [4.78, 5) is 27.6. The molecule has 2 N–H and O–H groups in total. The lowest BCUT2D eigenvalue weighted by Gasteiger charge is -2.21. The Balaban J connectivity index is 1.77. The molecule has 6 nitrogen and oxygen atoms in total. The van der Waals surface area contributed by atoms with Crippen LogP contribution in [0.25, 0.3) is 11.3 Å². The largest absolute Gasteiger partial charge is 0.478 e. The second-order valence-electron chi connectivity index (χ2n) is 8.43. The molecular formula is C25H20F6N2O4. The van der Waals surface area contributed by atoms with E-state index >= 15 is 0 Å². The van der Waals surface area contributed by atoms with Crippen molar-refractivity contribution in [3.05, 3.63) is 83.0 Å². The monoisotopic (exact) mass is 526 g/mol. The van der Waals surface area contributed by atoms with Crippen molar-refractivity contribution in [3.8, 4) is 17.0 Å². The zero-order valence-electron chi connectivity index (χ0n) is 19.4. The van der Waals surface area contributed by atoms with Gasteiger partial charge in [0.1, 0.15) is 5.75 Å². The number of aliphatic carboxylic acids is 1. The van der Waals surface area contributed by atoms with Crippen LogP contribution in [0.5, 0.6) is 5.75 Å². The van der Waals surface area contributed by atoms with Crippen molar-refractivity contribution in [2.24, 2.45) is 0 Å². The van der Waals surface area contributed by atoms with Gasteiger partial charge in [0.05, 0.1) is 22.4 Å². The van der Waals surface area contributed by atoms with Crippen molar-refractivity contribution in [3.63, 3.8) is 0 Å². The molecule has 2 aromatic carbocycles. The van der Waals surface area contributed by atoms with Gasteiger partial charge >= 0.3 is 18.3 Å². The minimum atomic E-state index is -4.94. The lowest BCUT2D eigenvalue weighted by molar-refractivity contribution is -0.152. The molecule has 0 saturated heterocycles. The summed E-state index contributed by atoms with van der Waals surface area (Å²) in [7, 11) is 0. The zero-order valence-corrected chi connectivity index (χ0v) is 19.4. The standard InChI is InChI=1S/C25H20F6N2O4/c1-23(2,22(35)36)37-17-9-3-14(4-10-17)12-33-21(34)18-13-32-20(11-19(18)25(29,30)31)15-5-7-16(8-6-15)24(26,27)28/h3-11,13H,12H2,1-2H3,(H,33,34)(H,35,36). The molecule has 0 bridgehead atoms. The number of carboxylic acids is 1. The number of nitrogens with one attached hydrogen (secondary N) is 1. The number of amides is 1. The summed E-state index contributed by atoms with van der Waals surface area (Å²) in [6, 6.07) is 9.96. The molecule has 0 aliphatic carbocycles. The number of ether oxygens (including phenoxy) is 1. The number of pyridine rings is 1. The maximum atomic E-state index is 13.7. The predicted molar refractivity (Wildman–Crippen MR) is 120 cm³/mol. The fourth-order valence-corrected chi connectivity index (χ4v) is 3.15. The van der Waals surface area contributed by atoms with Gasteiger partial charge in [0.2, 0.25) is 0 Å². The van der Waals surface area contributed by atoms with Gasteiger partial charge < -0.3 is 15.2 Å². The van der Waals surface area contributed by atoms with Gasteiger partial charge in [0.25, 0.3) is 5.91 Å². The minimum absolute atomic E-state index is 0.0128. The molecule has 1 aromatic heterocycles. The summed E-state index contributed by atoms with van der Waals surface area (Å²) < 4.78 is 84.8. The minimum Gasteiger partial charge on any atom is -0.478 e. The molecule has 0 unspecified atom stereocenters. The van der Waals surface area contributed by atoms with Crippen molar-refractivity contribution in [1.29, 1.82) is 0 Å².